The normalized spacial score (nSPS) is 23.3. The van der Waals surface area contributed by atoms with Crippen LogP contribution in [0.4, 0.5) is 0 Å². The molecule has 5 rings (SSSR count). The fraction of sp³-hybridized carbons (Fsp3) is 0.304. The molecule has 0 spiro atoms. The molecule has 4 heterocycles. The molecule has 1 N–H and O–H groups in total. The number of rotatable bonds is 6. The summed E-state index contributed by atoms with van der Waals surface area (Å²) >= 11 is 13.3. The summed E-state index contributed by atoms with van der Waals surface area (Å²) in [6.45, 7) is 1.55. The molecule has 1 aromatic carbocycles. The zero-order valence-electron chi connectivity index (χ0n) is 16.7. The van der Waals surface area contributed by atoms with Gasteiger partial charge in [0.1, 0.15) is 11.8 Å². The van der Waals surface area contributed by atoms with Crippen LogP contribution in [0.15, 0.2) is 75.2 Å². The highest BCUT2D eigenvalue weighted by atomic mass is 35.5. The Morgan fingerprint density at radius 2 is 2.03 bits per heavy atom. The quantitative estimate of drug-likeness (QED) is 0.467. The molecule has 0 unspecified atom stereocenters. The van der Waals surface area contributed by atoms with Gasteiger partial charge in [-0.2, -0.15) is 0 Å². The standard InChI is InChI=1S/C23H22ClN3O2S2/c24-15-6-8-17(9-7-15)31-20-11-10-19(29-20)22-21(18-5-1-2-12-25-18)26-23(30)27(22)14-16-4-3-13-28-16/h1-2,5-12,16,21-22H,3-4,13-14H2,(H,26,30)/t16-,21+,22+/m0/s1. The van der Waals surface area contributed by atoms with Gasteiger partial charge in [-0.15, -0.1) is 0 Å². The molecule has 2 aliphatic rings. The van der Waals surface area contributed by atoms with Gasteiger partial charge in [0, 0.05) is 29.3 Å². The Hall–Kier alpha value is -2.06. The minimum absolute atomic E-state index is 0.0883. The predicted molar refractivity (Wildman–Crippen MR) is 125 cm³/mol. The van der Waals surface area contributed by atoms with Crippen LogP contribution in [-0.2, 0) is 4.74 Å². The molecule has 8 heteroatoms. The lowest BCUT2D eigenvalue weighted by Crippen LogP contribution is -2.36. The fourth-order valence-corrected chi connectivity index (χ4v) is 5.31. The van der Waals surface area contributed by atoms with E-state index in [1.807, 2.05) is 60.8 Å². The van der Waals surface area contributed by atoms with Gasteiger partial charge in [0.25, 0.3) is 0 Å². The van der Waals surface area contributed by atoms with Gasteiger partial charge >= 0.3 is 0 Å². The van der Waals surface area contributed by atoms with E-state index in [4.69, 9.17) is 33.0 Å². The number of ether oxygens (including phenoxy) is 1. The third kappa shape index (κ3) is 4.60. The monoisotopic (exact) mass is 471 g/mol. The van der Waals surface area contributed by atoms with Crippen molar-refractivity contribution in [2.75, 3.05) is 13.2 Å². The summed E-state index contributed by atoms with van der Waals surface area (Å²) in [6.07, 6.45) is 4.14. The molecule has 2 aliphatic heterocycles. The number of thiocarbonyl (C=S) groups is 1. The Morgan fingerprint density at radius 3 is 2.77 bits per heavy atom. The topological polar surface area (TPSA) is 50.5 Å². The van der Waals surface area contributed by atoms with Gasteiger partial charge in [0.05, 0.1) is 17.8 Å². The first kappa shape index (κ1) is 20.8. The minimum atomic E-state index is -0.0915. The van der Waals surface area contributed by atoms with Crippen molar-refractivity contribution in [3.63, 3.8) is 0 Å². The lowest BCUT2D eigenvalue weighted by molar-refractivity contribution is 0.0812. The zero-order chi connectivity index (χ0) is 21.2. The Balaban J connectivity index is 1.43. The Morgan fingerprint density at radius 1 is 1.16 bits per heavy atom. The number of halogens is 1. The molecule has 2 aromatic heterocycles. The molecule has 5 nitrogen and oxygen atoms in total. The summed E-state index contributed by atoms with van der Waals surface area (Å²) in [7, 11) is 0. The van der Waals surface area contributed by atoms with E-state index >= 15 is 0 Å². The Bertz CT molecular complexity index is 1040. The van der Waals surface area contributed by atoms with E-state index in [0.29, 0.717) is 5.11 Å². The van der Waals surface area contributed by atoms with Crippen LogP contribution in [0.25, 0.3) is 0 Å². The number of pyridine rings is 1. The summed E-state index contributed by atoms with van der Waals surface area (Å²) in [6, 6.07) is 17.5. The first-order chi connectivity index (χ1) is 15.2. The average Bonchev–Trinajstić information content (AvgIpc) is 3.52. The maximum absolute atomic E-state index is 6.32. The SMILES string of the molecule is S=C1N[C@H](c2ccccn2)[C@@H](c2ccc(Sc3ccc(Cl)cc3)o2)N1C[C@@H]1CCCO1. The smallest absolute Gasteiger partial charge is 0.170 e. The molecule has 2 fully saturated rings. The van der Waals surface area contributed by atoms with Crippen molar-refractivity contribution in [1.82, 2.24) is 15.2 Å². The molecule has 3 atom stereocenters. The van der Waals surface area contributed by atoms with E-state index in [2.05, 4.69) is 15.2 Å². The number of hydrogen-bond donors (Lipinski definition) is 1. The van der Waals surface area contributed by atoms with E-state index in [0.717, 1.165) is 52.5 Å². The molecule has 2 saturated heterocycles. The molecule has 0 aliphatic carbocycles. The molecular weight excluding hydrogens is 450 g/mol. The largest absolute Gasteiger partial charge is 0.452 e. The van der Waals surface area contributed by atoms with Crippen LogP contribution < -0.4 is 5.32 Å². The van der Waals surface area contributed by atoms with Crippen molar-refractivity contribution in [2.24, 2.45) is 0 Å². The van der Waals surface area contributed by atoms with Gasteiger partial charge in [-0.3, -0.25) is 4.98 Å². The number of benzene rings is 1. The first-order valence-corrected chi connectivity index (χ1v) is 11.9. The van der Waals surface area contributed by atoms with Crippen molar-refractivity contribution >= 4 is 40.7 Å². The second-order valence-corrected chi connectivity index (χ2v) is 9.53. The average molecular weight is 472 g/mol. The van der Waals surface area contributed by atoms with Crippen LogP contribution in [0.5, 0.6) is 0 Å². The lowest BCUT2D eigenvalue weighted by Gasteiger charge is -2.28. The number of nitrogens with one attached hydrogen (secondary N) is 1. The summed E-state index contributed by atoms with van der Waals surface area (Å²) < 4.78 is 12.2. The fourth-order valence-electron chi connectivity index (χ4n) is 4.09. The Labute approximate surface area is 196 Å². The van der Waals surface area contributed by atoms with Crippen LogP contribution in [0.1, 0.15) is 36.4 Å². The van der Waals surface area contributed by atoms with Crippen LogP contribution in [0.3, 0.4) is 0 Å². The lowest BCUT2D eigenvalue weighted by atomic mass is 10.0. The Kier molecular flexibility index (Phi) is 6.18. The van der Waals surface area contributed by atoms with Crippen LogP contribution in [0.2, 0.25) is 5.02 Å². The van der Waals surface area contributed by atoms with Crippen molar-refractivity contribution in [3.8, 4) is 0 Å². The van der Waals surface area contributed by atoms with Crippen molar-refractivity contribution in [3.05, 3.63) is 77.3 Å². The minimum Gasteiger partial charge on any atom is -0.452 e. The molecule has 0 saturated carbocycles. The third-order valence-electron chi connectivity index (χ3n) is 5.55. The van der Waals surface area contributed by atoms with Gasteiger partial charge < -0.3 is 19.4 Å². The van der Waals surface area contributed by atoms with Crippen molar-refractivity contribution in [2.45, 2.75) is 41.0 Å². The molecule has 0 amide bonds. The van der Waals surface area contributed by atoms with E-state index < -0.39 is 0 Å². The van der Waals surface area contributed by atoms with Crippen LogP contribution in [-0.4, -0.2) is 34.3 Å². The van der Waals surface area contributed by atoms with Crippen LogP contribution in [0, 0.1) is 0 Å². The number of aromatic nitrogens is 1. The summed E-state index contributed by atoms with van der Waals surface area (Å²) in [5.74, 6) is 0.859. The van der Waals surface area contributed by atoms with E-state index in [1.54, 1.807) is 11.8 Å². The molecule has 0 bridgehead atoms. The zero-order valence-corrected chi connectivity index (χ0v) is 19.1. The predicted octanol–water partition coefficient (Wildman–Crippen LogP) is 5.63. The molecule has 160 valence electrons. The van der Waals surface area contributed by atoms with Gasteiger partial charge in [-0.05, 0) is 73.6 Å². The molecule has 0 radical (unpaired) electrons. The summed E-state index contributed by atoms with van der Waals surface area (Å²) in [5, 5.41) is 5.72. The van der Waals surface area contributed by atoms with E-state index in [-0.39, 0.29) is 18.2 Å². The highest BCUT2D eigenvalue weighted by Crippen LogP contribution is 2.41. The maximum atomic E-state index is 6.32. The number of furan rings is 1. The van der Waals surface area contributed by atoms with Gasteiger partial charge in [-0.1, -0.05) is 29.4 Å². The second kappa shape index (κ2) is 9.20. The van der Waals surface area contributed by atoms with E-state index in [9.17, 15) is 0 Å². The van der Waals surface area contributed by atoms with Crippen molar-refractivity contribution < 1.29 is 9.15 Å². The summed E-state index contributed by atoms with van der Waals surface area (Å²) in [5.41, 5.74) is 0.938. The maximum Gasteiger partial charge on any atom is 0.170 e. The van der Waals surface area contributed by atoms with Gasteiger partial charge in [-0.25, -0.2) is 0 Å². The number of hydrogen-bond acceptors (Lipinski definition) is 5. The van der Waals surface area contributed by atoms with Gasteiger partial charge in [0.2, 0.25) is 0 Å². The summed E-state index contributed by atoms with van der Waals surface area (Å²) in [4.78, 5) is 7.85. The molecule has 3 aromatic rings. The second-order valence-electron chi connectivity index (χ2n) is 7.63. The highest BCUT2D eigenvalue weighted by molar-refractivity contribution is 7.99. The highest BCUT2D eigenvalue weighted by Gasteiger charge is 2.42. The van der Waals surface area contributed by atoms with Crippen LogP contribution >= 0.6 is 35.6 Å². The van der Waals surface area contributed by atoms with E-state index in [1.165, 1.54) is 0 Å². The van der Waals surface area contributed by atoms with Crippen molar-refractivity contribution in [1.29, 1.82) is 0 Å². The molecular formula is C23H22ClN3O2S2. The molecule has 31 heavy (non-hydrogen) atoms. The first-order valence-electron chi connectivity index (χ1n) is 10.3. The van der Waals surface area contributed by atoms with Gasteiger partial charge in [0.15, 0.2) is 10.2 Å². The number of nitrogens with zero attached hydrogens (tertiary/aromatic N) is 2. The third-order valence-corrected chi connectivity index (χ3v) is 7.08.